The van der Waals surface area contributed by atoms with Gasteiger partial charge in [0.1, 0.15) is 0 Å². The Hall–Kier alpha value is -1.66. The number of unbranched alkanes of at least 4 members (excludes halogenated alkanes) is 1. The summed E-state index contributed by atoms with van der Waals surface area (Å²) in [6.07, 6.45) is 7.79. The number of benzene rings is 1. The van der Waals surface area contributed by atoms with E-state index in [0.29, 0.717) is 5.69 Å². The van der Waals surface area contributed by atoms with E-state index < -0.39 is 0 Å². The maximum absolute atomic E-state index is 10.1. The Morgan fingerprint density at radius 1 is 1.43 bits per heavy atom. The fraction of sp³-hybridized carbons (Fsp3) is 0.250. The lowest BCUT2D eigenvalue weighted by molar-refractivity contribution is 0.565. The van der Waals surface area contributed by atoms with Crippen molar-refractivity contribution in [2.24, 2.45) is 4.99 Å². The monoisotopic (exact) mass is 187 g/mol. The number of carbonyl (C=O) groups excluding carboxylic acids is 1. The highest BCUT2D eigenvalue weighted by molar-refractivity contribution is 5.66. The second kappa shape index (κ2) is 5.90. The fourth-order valence-electron chi connectivity index (χ4n) is 1.16. The van der Waals surface area contributed by atoms with Crippen LogP contribution in [0.25, 0.3) is 6.08 Å². The molecule has 0 aliphatic rings. The van der Waals surface area contributed by atoms with Crippen LogP contribution in [0, 0.1) is 0 Å². The molecule has 0 heterocycles. The van der Waals surface area contributed by atoms with E-state index >= 15 is 0 Å². The van der Waals surface area contributed by atoms with E-state index in [9.17, 15) is 4.79 Å². The average molecular weight is 187 g/mol. The Morgan fingerprint density at radius 3 is 2.93 bits per heavy atom. The van der Waals surface area contributed by atoms with Gasteiger partial charge in [-0.3, -0.25) is 0 Å². The van der Waals surface area contributed by atoms with E-state index in [2.05, 4.69) is 18.0 Å². The molecule has 0 radical (unpaired) electrons. The van der Waals surface area contributed by atoms with Crippen molar-refractivity contribution < 1.29 is 4.79 Å². The van der Waals surface area contributed by atoms with Crippen molar-refractivity contribution in [1.29, 1.82) is 0 Å². The normalized spacial score (nSPS) is 10.1. The number of para-hydroxylation sites is 1. The van der Waals surface area contributed by atoms with Crippen molar-refractivity contribution in [2.75, 3.05) is 0 Å². The van der Waals surface area contributed by atoms with Crippen LogP contribution in [0.1, 0.15) is 25.3 Å². The zero-order chi connectivity index (χ0) is 10.2. The molecule has 14 heavy (non-hydrogen) atoms. The standard InChI is InChI=1S/C12H13NO/c1-2-3-4-7-11-8-5-6-9-12(11)13-10-14/h4-9H,2-3H2,1H3/b7-4+. The van der Waals surface area contributed by atoms with Crippen LogP contribution in [-0.4, -0.2) is 6.08 Å². The van der Waals surface area contributed by atoms with Crippen LogP contribution in [0.3, 0.4) is 0 Å². The molecule has 0 spiro atoms. The summed E-state index contributed by atoms with van der Waals surface area (Å²) in [6, 6.07) is 7.52. The van der Waals surface area contributed by atoms with E-state index in [-0.39, 0.29) is 0 Å². The van der Waals surface area contributed by atoms with Crippen LogP contribution in [-0.2, 0) is 4.79 Å². The third-order valence-corrected chi connectivity index (χ3v) is 1.86. The molecule has 0 fully saturated rings. The molecule has 0 saturated carbocycles. The SMILES string of the molecule is CCC/C=C/c1ccccc1N=C=O. The lowest BCUT2D eigenvalue weighted by atomic mass is 10.1. The summed E-state index contributed by atoms with van der Waals surface area (Å²) in [4.78, 5) is 13.8. The Bertz CT molecular complexity index is 362. The van der Waals surface area contributed by atoms with Crippen molar-refractivity contribution >= 4 is 17.8 Å². The second-order valence-corrected chi connectivity index (χ2v) is 2.95. The summed E-state index contributed by atoms with van der Waals surface area (Å²) in [7, 11) is 0. The number of isocyanates is 1. The summed E-state index contributed by atoms with van der Waals surface area (Å²) in [5.41, 5.74) is 1.64. The Balaban J connectivity index is 2.89. The number of hydrogen-bond donors (Lipinski definition) is 0. The van der Waals surface area contributed by atoms with Crippen LogP contribution < -0.4 is 0 Å². The number of aliphatic imine (C=N–C) groups is 1. The van der Waals surface area contributed by atoms with Gasteiger partial charge < -0.3 is 0 Å². The molecule has 1 aromatic rings. The number of hydrogen-bond acceptors (Lipinski definition) is 2. The van der Waals surface area contributed by atoms with Crippen molar-refractivity contribution in [2.45, 2.75) is 19.8 Å². The molecule has 0 N–H and O–H groups in total. The van der Waals surface area contributed by atoms with E-state index in [4.69, 9.17) is 0 Å². The maximum atomic E-state index is 10.1. The number of nitrogens with zero attached hydrogens (tertiary/aromatic N) is 1. The molecule has 0 aliphatic carbocycles. The lowest BCUT2D eigenvalue weighted by Crippen LogP contribution is -1.73. The minimum Gasteiger partial charge on any atom is -0.211 e. The van der Waals surface area contributed by atoms with Gasteiger partial charge in [-0.15, -0.1) is 0 Å². The molecule has 0 atom stereocenters. The van der Waals surface area contributed by atoms with Gasteiger partial charge in [-0.25, -0.2) is 4.79 Å². The summed E-state index contributed by atoms with van der Waals surface area (Å²) < 4.78 is 0. The maximum Gasteiger partial charge on any atom is 0.240 e. The van der Waals surface area contributed by atoms with Gasteiger partial charge in [0.2, 0.25) is 6.08 Å². The summed E-state index contributed by atoms with van der Waals surface area (Å²) in [5.74, 6) is 0. The van der Waals surface area contributed by atoms with Crippen LogP contribution in [0.15, 0.2) is 35.3 Å². The summed E-state index contributed by atoms with van der Waals surface area (Å²) >= 11 is 0. The zero-order valence-corrected chi connectivity index (χ0v) is 8.23. The van der Waals surface area contributed by atoms with E-state index in [0.717, 1.165) is 18.4 Å². The van der Waals surface area contributed by atoms with Crippen molar-refractivity contribution in [3.8, 4) is 0 Å². The highest BCUT2D eigenvalue weighted by Gasteiger charge is 1.94. The predicted octanol–water partition coefficient (Wildman–Crippen LogP) is 3.47. The van der Waals surface area contributed by atoms with E-state index in [1.807, 2.05) is 24.3 Å². The van der Waals surface area contributed by atoms with E-state index in [1.54, 1.807) is 12.1 Å². The van der Waals surface area contributed by atoms with Gasteiger partial charge in [0.05, 0.1) is 5.69 Å². The molecule has 1 aromatic carbocycles. The highest BCUT2D eigenvalue weighted by atomic mass is 16.1. The first-order valence-corrected chi connectivity index (χ1v) is 4.72. The Labute approximate surface area is 84.0 Å². The number of allylic oxidation sites excluding steroid dienone is 1. The van der Waals surface area contributed by atoms with Crippen LogP contribution in [0.2, 0.25) is 0 Å². The summed E-state index contributed by atoms with van der Waals surface area (Å²) in [5, 5.41) is 0. The van der Waals surface area contributed by atoms with Crippen molar-refractivity contribution in [3.63, 3.8) is 0 Å². The molecule has 0 aromatic heterocycles. The second-order valence-electron chi connectivity index (χ2n) is 2.95. The first-order chi connectivity index (χ1) is 6.88. The molecule has 1 rings (SSSR count). The van der Waals surface area contributed by atoms with Gasteiger partial charge in [-0.2, -0.15) is 4.99 Å². The average Bonchev–Trinajstić information content (AvgIpc) is 2.21. The topological polar surface area (TPSA) is 29.4 Å². The molecule has 2 nitrogen and oxygen atoms in total. The zero-order valence-electron chi connectivity index (χ0n) is 8.23. The third kappa shape index (κ3) is 3.00. The molecule has 0 bridgehead atoms. The Kier molecular flexibility index (Phi) is 4.39. The molecular weight excluding hydrogens is 174 g/mol. The summed E-state index contributed by atoms with van der Waals surface area (Å²) in [6.45, 7) is 2.12. The van der Waals surface area contributed by atoms with Crippen LogP contribution in [0.4, 0.5) is 5.69 Å². The molecule has 0 amide bonds. The smallest absolute Gasteiger partial charge is 0.211 e. The van der Waals surface area contributed by atoms with Gasteiger partial charge in [0.15, 0.2) is 0 Å². The molecule has 72 valence electrons. The van der Waals surface area contributed by atoms with Gasteiger partial charge in [0.25, 0.3) is 0 Å². The molecular formula is C12H13NO. The molecule has 0 unspecified atom stereocenters. The largest absolute Gasteiger partial charge is 0.240 e. The van der Waals surface area contributed by atoms with Gasteiger partial charge >= 0.3 is 0 Å². The third-order valence-electron chi connectivity index (χ3n) is 1.86. The predicted molar refractivity (Wildman–Crippen MR) is 58.2 cm³/mol. The van der Waals surface area contributed by atoms with Crippen LogP contribution in [0.5, 0.6) is 0 Å². The van der Waals surface area contributed by atoms with Gasteiger partial charge in [-0.1, -0.05) is 43.7 Å². The van der Waals surface area contributed by atoms with Crippen molar-refractivity contribution in [3.05, 3.63) is 35.9 Å². The fourth-order valence-corrected chi connectivity index (χ4v) is 1.16. The Morgan fingerprint density at radius 2 is 2.21 bits per heavy atom. The molecule has 0 aliphatic heterocycles. The quantitative estimate of drug-likeness (QED) is 0.524. The molecule has 2 heteroatoms. The van der Waals surface area contributed by atoms with Gasteiger partial charge in [-0.05, 0) is 12.5 Å². The minimum atomic E-state index is 0.676. The van der Waals surface area contributed by atoms with Gasteiger partial charge in [0, 0.05) is 5.56 Å². The van der Waals surface area contributed by atoms with E-state index in [1.165, 1.54) is 0 Å². The highest BCUT2D eigenvalue weighted by Crippen LogP contribution is 2.19. The lowest BCUT2D eigenvalue weighted by Gasteiger charge is -1.96. The molecule has 0 saturated heterocycles. The van der Waals surface area contributed by atoms with Crippen LogP contribution >= 0.6 is 0 Å². The minimum absolute atomic E-state index is 0.676. The van der Waals surface area contributed by atoms with Crippen molar-refractivity contribution in [1.82, 2.24) is 0 Å². The number of rotatable bonds is 4. The first kappa shape index (κ1) is 10.4. The first-order valence-electron chi connectivity index (χ1n) is 4.72.